The van der Waals surface area contributed by atoms with Crippen LogP contribution in [0.15, 0.2) is 36.4 Å². The van der Waals surface area contributed by atoms with Crippen molar-refractivity contribution in [2.75, 3.05) is 11.1 Å². The van der Waals surface area contributed by atoms with Gasteiger partial charge in [-0.15, -0.1) is 0 Å². The summed E-state index contributed by atoms with van der Waals surface area (Å²) in [5.74, 6) is 0. The van der Waals surface area contributed by atoms with Crippen molar-refractivity contribution >= 4 is 40.3 Å². The van der Waals surface area contributed by atoms with Gasteiger partial charge in [-0.2, -0.15) is 5.26 Å². The van der Waals surface area contributed by atoms with Crippen LogP contribution in [0.3, 0.4) is 0 Å². The highest BCUT2D eigenvalue weighted by molar-refractivity contribution is 6.33. The Morgan fingerprint density at radius 3 is 2.50 bits per heavy atom. The van der Waals surface area contributed by atoms with Gasteiger partial charge in [0.15, 0.2) is 0 Å². The molecule has 3 N–H and O–H groups in total. The van der Waals surface area contributed by atoms with Gasteiger partial charge in [-0.3, -0.25) is 0 Å². The van der Waals surface area contributed by atoms with Gasteiger partial charge >= 0.3 is 0 Å². The molecule has 0 bridgehead atoms. The third kappa shape index (κ3) is 2.67. The van der Waals surface area contributed by atoms with E-state index in [0.29, 0.717) is 27.0 Å². The third-order valence-electron chi connectivity index (χ3n) is 2.36. The summed E-state index contributed by atoms with van der Waals surface area (Å²) >= 11 is 12.0. The Kier molecular flexibility index (Phi) is 3.61. The standard InChI is InChI=1S/C13H9Cl2N3/c14-11-4-2-9(17)5-13(11)18-10-3-1-8(7-16)12(15)6-10/h1-6,18H,17H2. The van der Waals surface area contributed by atoms with Crippen LogP contribution >= 0.6 is 23.2 Å². The zero-order valence-electron chi connectivity index (χ0n) is 9.24. The summed E-state index contributed by atoms with van der Waals surface area (Å²) in [4.78, 5) is 0. The van der Waals surface area contributed by atoms with E-state index in [1.165, 1.54) is 0 Å². The van der Waals surface area contributed by atoms with Gasteiger partial charge in [0, 0.05) is 11.4 Å². The quantitative estimate of drug-likeness (QED) is 0.809. The molecule has 0 amide bonds. The fraction of sp³-hybridized carbons (Fsp3) is 0. The maximum atomic E-state index is 8.79. The minimum atomic E-state index is 0.391. The second-order valence-corrected chi connectivity index (χ2v) is 4.49. The molecule has 0 saturated heterocycles. The van der Waals surface area contributed by atoms with Crippen LogP contribution in [-0.2, 0) is 0 Å². The van der Waals surface area contributed by atoms with Crippen LogP contribution in [0.1, 0.15) is 5.56 Å². The van der Waals surface area contributed by atoms with E-state index in [4.69, 9.17) is 34.2 Å². The molecule has 2 rings (SSSR count). The van der Waals surface area contributed by atoms with Crippen molar-refractivity contribution in [3.05, 3.63) is 52.0 Å². The molecule has 0 aliphatic carbocycles. The Balaban J connectivity index is 2.32. The van der Waals surface area contributed by atoms with Crippen molar-refractivity contribution in [2.24, 2.45) is 0 Å². The molecule has 3 nitrogen and oxygen atoms in total. The van der Waals surface area contributed by atoms with Crippen LogP contribution in [0.5, 0.6) is 0 Å². The molecule has 0 radical (unpaired) electrons. The molecule has 0 aliphatic rings. The maximum absolute atomic E-state index is 8.79. The molecule has 2 aromatic rings. The molecule has 90 valence electrons. The largest absolute Gasteiger partial charge is 0.399 e. The number of hydrogen-bond acceptors (Lipinski definition) is 3. The smallest absolute Gasteiger partial charge is 0.101 e. The molecular weight excluding hydrogens is 269 g/mol. The van der Waals surface area contributed by atoms with E-state index in [-0.39, 0.29) is 0 Å². The predicted molar refractivity (Wildman–Crippen MR) is 75.3 cm³/mol. The highest BCUT2D eigenvalue weighted by Gasteiger charge is 2.04. The molecule has 5 heteroatoms. The molecule has 0 aliphatic heterocycles. The molecule has 0 atom stereocenters. The third-order valence-corrected chi connectivity index (χ3v) is 3.00. The lowest BCUT2D eigenvalue weighted by molar-refractivity contribution is 1.47. The van der Waals surface area contributed by atoms with Gasteiger partial charge in [0.2, 0.25) is 0 Å². The zero-order valence-corrected chi connectivity index (χ0v) is 10.8. The monoisotopic (exact) mass is 277 g/mol. The summed E-state index contributed by atoms with van der Waals surface area (Å²) in [5, 5.41) is 12.8. The van der Waals surface area contributed by atoms with Gasteiger partial charge in [0.1, 0.15) is 6.07 Å². The Bertz CT molecular complexity index is 633. The second kappa shape index (κ2) is 5.18. The molecule has 0 heterocycles. The summed E-state index contributed by atoms with van der Waals surface area (Å²) in [6, 6.07) is 12.2. The molecule has 18 heavy (non-hydrogen) atoms. The van der Waals surface area contributed by atoms with Crippen LogP contribution in [0.25, 0.3) is 0 Å². The van der Waals surface area contributed by atoms with E-state index in [1.807, 2.05) is 6.07 Å². The van der Waals surface area contributed by atoms with Gasteiger partial charge in [-0.1, -0.05) is 23.2 Å². The Hall–Kier alpha value is -1.89. The Labute approximate surface area is 115 Å². The zero-order chi connectivity index (χ0) is 13.1. The lowest BCUT2D eigenvalue weighted by atomic mass is 10.2. The minimum absolute atomic E-state index is 0.391. The maximum Gasteiger partial charge on any atom is 0.101 e. The molecule has 0 aromatic heterocycles. The van der Waals surface area contributed by atoms with Gasteiger partial charge < -0.3 is 11.1 Å². The van der Waals surface area contributed by atoms with Crippen LogP contribution in [-0.4, -0.2) is 0 Å². The first-order chi connectivity index (χ1) is 8.60. The predicted octanol–water partition coefficient (Wildman–Crippen LogP) is 4.19. The lowest BCUT2D eigenvalue weighted by Gasteiger charge is -2.09. The van der Waals surface area contributed by atoms with Crippen LogP contribution < -0.4 is 11.1 Å². The van der Waals surface area contributed by atoms with Gasteiger partial charge in [0.05, 0.1) is 21.3 Å². The van der Waals surface area contributed by atoms with E-state index < -0.39 is 0 Å². The second-order valence-electron chi connectivity index (χ2n) is 3.67. The summed E-state index contributed by atoms with van der Waals surface area (Å²) in [6.45, 7) is 0. The fourth-order valence-electron chi connectivity index (χ4n) is 1.48. The van der Waals surface area contributed by atoms with E-state index in [2.05, 4.69) is 5.32 Å². The van der Waals surface area contributed by atoms with Crippen LogP contribution in [0, 0.1) is 11.3 Å². The van der Waals surface area contributed by atoms with Crippen molar-refractivity contribution in [2.45, 2.75) is 0 Å². The Morgan fingerprint density at radius 2 is 1.83 bits per heavy atom. The van der Waals surface area contributed by atoms with Crippen LogP contribution in [0.2, 0.25) is 10.0 Å². The van der Waals surface area contributed by atoms with Crippen molar-refractivity contribution in [1.82, 2.24) is 0 Å². The summed E-state index contributed by atoms with van der Waals surface area (Å²) in [7, 11) is 0. The number of nitrogens with zero attached hydrogens (tertiary/aromatic N) is 1. The number of nitrogens with two attached hydrogens (primary N) is 1. The van der Waals surface area contributed by atoms with Gasteiger partial charge in [-0.25, -0.2) is 0 Å². The van der Waals surface area contributed by atoms with Gasteiger partial charge in [0.25, 0.3) is 0 Å². The van der Waals surface area contributed by atoms with Crippen LogP contribution in [0.4, 0.5) is 17.1 Å². The molecular formula is C13H9Cl2N3. The minimum Gasteiger partial charge on any atom is -0.399 e. The number of hydrogen-bond donors (Lipinski definition) is 2. The lowest BCUT2D eigenvalue weighted by Crippen LogP contribution is -1.94. The topological polar surface area (TPSA) is 61.8 Å². The molecule has 0 spiro atoms. The van der Waals surface area contributed by atoms with Crippen molar-refractivity contribution < 1.29 is 0 Å². The highest BCUT2D eigenvalue weighted by atomic mass is 35.5. The first kappa shape index (κ1) is 12.6. The SMILES string of the molecule is N#Cc1ccc(Nc2cc(N)ccc2Cl)cc1Cl. The number of anilines is 3. The fourth-order valence-corrected chi connectivity index (χ4v) is 1.87. The summed E-state index contributed by atoms with van der Waals surface area (Å²) < 4.78 is 0. The molecule has 0 fully saturated rings. The van der Waals surface area contributed by atoms with Gasteiger partial charge in [-0.05, 0) is 36.4 Å². The highest BCUT2D eigenvalue weighted by Crippen LogP contribution is 2.29. The first-order valence-corrected chi connectivity index (χ1v) is 5.87. The van der Waals surface area contributed by atoms with E-state index in [0.717, 1.165) is 5.69 Å². The van der Waals surface area contributed by atoms with E-state index >= 15 is 0 Å². The van der Waals surface area contributed by atoms with Crippen molar-refractivity contribution in [3.8, 4) is 6.07 Å². The van der Waals surface area contributed by atoms with Crippen molar-refractivity contribution in [3.63, 3.8) is 0 Å². The average Bonchev–Trinajstić information content (AvgIpc) is 2.34. The number of rotatable bonds is 2. The molecule has 0 unspecified atom stereocenters. The number of halogens is 2. The first-order valence-electron chi connectivity index (χ1n) is 5.12. The number of nitrogen functional groups attached to an aromatic ring is 1. The summed E-state index contributed by atoms with van der Waals surface area (Å²) in [5.41, 5.74) is 8.17. The Morgan fingerprint density at radius 1 is 1.06 bits per heavy atom. The normalized spacial score (nSPS) is 9.83. The van der Waals surface area contributed by atoms with Crippen molar-refractivity contribution in [1.29, 1.82) is 5.26 Å². The number of benzene rings is 2. The molecule has 2 aromatic carbocycles. The summed E-state index contributed by atoms with van der Waals surface area (Å²) in [6.07, 6.45) is 0. The molecule has 0 saturated carbocycles. The van der Waals surface area contributed by atoms with E-state index in [9.17, 15) is 0 Å². The number of nitriles is 1. The number of nitrogens with one attached hydrogen (secondary N) is 1. The average molecular weight is 278 g/mol. The van der Waals surface area contributed by atoms with E-state index in [1.54, 1.807) is 36.4 Å².